The zero-order valence-corrected chi connectivity index (χ0v) is 21.4. The van der Waals surface area contributed by atoms with Crippen molar-refractivity contribution in [3.05, 3.63) is 100 Å². The van der Waals surface area contributed by atoms with E-state index in [1.54, 1.807) is 18.2 Å². The number of carbonyl (C=O) groups is 2. The van der Waals surface area contributed by atoms with Gasteiger partial charge >= 0.3 is 0 Å². The predicted molar refractivity (Wildman–Crippen MR) is 144 cm³/mol. The minimum absolute atomic E-state index is 0.151. The van der Waals surface area contributed by atoms with Crippen LogP contribution in [0.25, 0.3) is 11.1 Å². The average Bonchev–Trinajstić information content (AvgIpc) is 3.60. The van der Waals surface area contributed by atoms with Crippen molar-refractivity contribution in [2.45, 2.75) is 18.0 Å². The van der Waals surface area contributed by atoms with E-state index in [0.717, 1.165) is 21.6 Å². The van der Waals surface area contributed by atoms with Crippen molar-refractivity contribution in [3.63, 3.8) is 0 Å². The minimum Gasteiger partial charge on any atom is -0.321 e. The number of amides is 2. The fourth-order valence-electron chi connectivity index (χ4n) is 3.83. The van der Waals surface area contributed by atoms with Gasteiger partial charge in [-0.3, -0.25) is 9.59 Å². The first kappa shape index (κ1) is 24.1. The number of hydrogen-bond acceptors (Lipinski definition) is 6. The topological polar surface area (TPSA) is 95.6 Å². The van der Waals surface area contributed by atoms with Crippen molar-refractivity contribution in [2.24, 2.45) is 0 Å². The van der Waals surface area contributed by atoms with E-state index in [-0.39, 0.29) is 29.8 Å². The molecule has 0 saturated heterocycles. The molecular weight excluding hydrogens is 515 g/mol. The monoisotopic (exact) mass is 535 g/mol. The highest BCUT2D eigenvalue weighted by molar-refractivity contribution is 7.89. The van der Waals surface area contributed by atoms with E-state index in [1.807, 2.05) is 41.8 Å². The summed E-state index contributed by atoms with van der Waals surface area (Å²) < 4.78 is 27.7. The van der Waals surface area contributed by atoms with Crippen LogP contribution in [0.5, 0.6) is 0 Å². The number of nitrogens with zero attached hydrogens (tertiary/aromatic N) is 1. The lowest BCUT2D eigenvalue weighted by Crippen LogP contribution is -2.25. The van der Waals surface area contributed by atoms with Crippen LogP contribution in [0.1, 0.15) is 20.1 Å². The minimum atomic E-state index is -3.72. The fourth-order valence-corrected chi connectivity index (χ4v) is 7.21. The summed E-state index contributed by atoms with van der Waals surface area (Å²) in [5, 5.41) is 8.15. The number of nitrogens with one attached hydrogen (secondary N) is 2. The van der Waals surface area contributed by atoms with Gasteiger partial charge in [0.15, 0.2) is 0 Å². The lowest BCUT2D eigenvalue weighted by Gasteiger charge is -2.16. The lowest BCUT2D eigenvalue weighted by molar-refractivity contribution is -0.111. The third kappa shape index (κ3) is 4.89. The van der Waals surface area contributed by atoms with Gasteiger partial charge in [0.2, 0.25) is 15.9 Å². The predicted octanol–water partition coefficient (Wildman–Crippen LogP) is 5.56. The van der Waals surface area contributed by atoms with Crippen LogP contribution in [0.4, 0.5) is 10.7 Å². The molecule has 0 bridgehead atoms. The molecule has 2 amide bonds. The van der Waals surface area contributed by atoms with Gasteiger partial charge in [0.1, 0.15) is 0 Å². The van der Waals surface area contributed by atoms with Crippen LogP contribution in [-0.4, -0.2) is 24.5 Å². The quantitative estimate of drug-likeness (QED) is 0.303. The first-order valence-electron chi connectivity index (χ1n) is 10.9. The van der Waals surface area contributed by atoms with Crippen molar-refractivity contribution < 1.29 is 18.0 Å². The number of rotatable bonds is 7. The molecule has 4 aromatic rings. The number of carbonyl (C=O) groups excluding carboxylic acids is 2. The number of hydrogen-bond donors (Lipinski definition) is 2. The molecule has 0 atom stereocenters. The first-order valence-corrected chi connectivity index (χ1v) is 14.1. The van der Waals surface area contributed by atoms with Crippen LogP contribution in [0, 0.1) is 0 Å². The number of anilines is 2. The molecule has 0 fully saturated rings. The molecule has 2 N–H and O–H groups in total. The molecule has 5 rings (SSSR count). The summed E-state index contributed by atoms with van der Waals surface area (Å²) >= 11 is 2.71. The van der Waals surface area contributed by atoms with Gasteiger partial charge in [-0.2, -0.15) is 4.31 Å². The summed E-state index contributed by atoms with van der Waals surface area (Å²) in [6, 6.07) is 19.6. The van der Waals surface area contributed by atoms with E-state index >= 15 is 0 Å². The van der Waals surface area contributed by atoms with Crippen LogP contribution in [-0.2, 0) is 27.9 Å². The molecule has 3 heterocycles. The fraction of sp³-hybridized carbons (Fsp3) is 0.0769. The molecule has 7 nitrogen and oxygen atoms in total. The van der Waals surface area contributed by atoms with Gasteiger partial charge in [-0.15, -0.1) is 22.7 Å². The lowest BCUT2D eigenvalue weighted by atomic mass is 10.1. The Morgan fingerprint density at radius 3 is 2.39 bits per heavy atom. The highest BCUT2D eigenvalue weighted by Crippen LogP contribution is 2.37. The average molecular weight is 536 g/mol. The van der Waals surface area contributed by atoms with E-state index in [9.17, 15) is 18.0 Å². The van der Waals surface area contributed by atoms with E-state index in [4.69, 9.17) is 0 Å². The Labute approximate surface area is 216 Å². The standard InChI is InChI=1S/C26H21N3O4S3/c1-2-24(30)28-25-13-18-14-29(15-23(18)35-25)36(32,33)21-10-8-20(9-11-21)27-26(31)22-12-19(16-34-22)17-6-4-3-5-7-17/h2-13,16H,1,14-15H2,(H,27,31)(H,28,30). The van der Waals surface area contributed by atoms with E-state index in [1.165, 1.54) is 45.2 Å². The molecular formula is C26H21N3O4S3. The normalized spacial score (nSPS) is 13.2. The smallest absolute Gasteiger partial charge is 0.265 e. The number of fused-ring (bicyclic) bond motifs is 1. The van der Waals surface area contributed by atoms with Crippen molar-refractivity contribution in [2.75, 3.05) is 10.6 Å². The van der Waals surface area contributed by atoms with Gasteiger partial charge in [0.05, 0.1) is 14.8 Å². The molecule has 0 spiro atoms. The van der Waals surface area contributed by atoms with Gasteiger partial charge in [0, 0.05) is 23.7 Å². The zero-order valence-electron chi connectivity index (χ0n) is 18.9. The van der Waals surface area contributed by atoms with Crippen molar-refractivity contribution in [3.8, 4) is 11.1 Å². The van der Waals surface area contributed by atoms with Crippen molar-refractivity contribution in [1.29, 1.82) is 0 Å². The number of thiophene rings is 2. The number of benzene rings is 2. The molecule has 0 unspecified atom stereocenters. The Balaban J connectivity index is 1.24. The summed E-state index contributed by atoms with van der Waals surface area (Å²) in [5.74, 6) is -0.552. The Hall–Kier alpha value is -3.57. The maximum absolute atomic E-state index is 13.2. The van der Waals surface area contributed by atoms with E-state index in [0.29, 0.717) is 15.6 Å². The molecule has 36 heavy (non-hydrogen) atoms. The molecule has 1 aliphatic heterocycles. The summed E-state index contributed by atoms with van der Waals surface area (Å²) in [7, 11) is -3.72. The molecule has 2 aromatic heterocycles. The van der Waals surface area contributed by atoms with Crippen LogP contribution in [0.15, 0.2) is 89.7 Å². The Morgan fingerprint density at radius 2 is 1.69 bits per heavy atom. The van der Waals surface area contributed by atoms with Crippen LogP contribution in [0.3, 0.4) is 0 Å². The summed E-state index contributed by atoms with van der Waals surface area (Å²) in [6.45, 7) is 3.91. The van der Waals surface area contributed by atoms with E-state index < -0.39 is 10.0 Å². The highest BCUT2D eigenvalue weighted by atomic mass is 32.2. The Bertz CT molecular complexity index is 1530. The van der Waals surface area contributed by atoms with Crippen molar-refractivity contribution >= 4 is 55.2 Å². The van der Waals surface area contributed by atoms with Crippen LogP contribution < -0.4 is 10.6 Å². The molecule has 1 aliphatic rings. The van der Waals surface area contributed by atoms with Crippen LogP contribution >= 0.6 is 22.7 Å². The van der Waals surface area contributed by atoms with Gasteiger partial charge in [-0.25, -0.2) is 8.42 Å². The third-order valence-corrected chi connectivity index (χ3v) is 9.49. The second-order valence-electron chi connectivity index (χ2n) is 8.07. The molecule has 182 valence electrons. The second-order valence-corrected chi connectivity index (χ2v) is 12.1. The Kier molecular flexibility index (Phi) is 6.59. The second kappa shape index (κ2) is 9.82. The zero-order chi connectivity index (χ0) is 25.3. The SMILES string of the molecule is C=CC(=O)Nc1cc2c(s1)CN(S(=O)(=O)c1ccc(NC(=O)c3cc(-c4ccccc4)cs3)cc1)C2. The molecule has 0 radical (unpaired) electrons. The van der Waals surface area contributed by atoms with Gasteiger partial charge < -0.3 is 10.6 Å². The third-order valence-electron chi connectivity index (χ3n) is 5.68. The number of sulfonamides is 1. The highest BCUT2D eigenvalue weighted by Gasteiger charge is 2.32. The first-order chi connectivity index (χ1) is 17.3. The van der Waals surface area contributed by atoms with Gasteiger partial charge in [0.25, 0.3) is 5.91 Å². The summed E-state index contributed by atoms with van der Waals surface area (Å²) in [5.41, 5.74) is 3.40. The summed E-state index contributed by atoms with van der Waals surface area (Å²) in [4.78, 5) is 25.8. The van der Waals surface area contributed by atoms with Crippen LogP contribution in [0.2, 0.25) is 0 Å². The molecule has 10 heteroatoms. The van der Waals surface area contributed by atoms with Gasteiger partial charge in [-0.1, -0.05) is 36.9 Å². The Morgan fingerprint density at radius 1 is 0.944 bits per heavy atom. The maximum Gasteiger partial charge on any atom is 0.265 e. The molecule has 2 aromatic carbocycles. The summed E-state index contributed by atoms with van der Waals surface area (Å²) in [6.07, 6.45) is 1.19. The molecule has 0 saturated carbocycles. The molecule has 0 aliphatic carbocycles. The van der Waals surface area contributed by atoms with Gasteiger partial charge in [-0.05, 0) is 64.5 Å². The largest absolute Gasteiger partial charge is 0.321 e. The maximum atomic E-state index is 13.2. The van der Waals surface area contributed by atoms with Crippen molar-refractivity contribution in [1.82, 2.24) is 4.31 Å². The van der Waals surface area contributed by atoms with E-state index in [2.05, 4.69) is 17.2 Å².